The minimum atomic E-state index is -0.795. The fraction of sp³-hybridized carbons (Fsp3) is 0.643. The van der Waals surface area contributed by atoms with E-state index in [0.29, 0.717) is 12.8 Å². The van der Waals surface area contributed by atoms with E-state index in [1.807, 2.05) is 19.9 Å². The van der Waals surface area contributed by atoms with Crippen molar-refractivity contribution >= 4 is 17.7 Å². The van der Waals surface area contributed by atoms with Crippen LogP contribution in [0.15, 0.2) is 23.6 Å². The van der Waals surface area contributed by atoms with Gasteiger partial charge in [0.05, 0.1) is 5.03 Å². The second-order valence-electron chi connectivity index (χ2n) is 5.57. The largest absolute Gasteiger partial charge is 0.480 e. The fourth-order valence-corrected chi connectivity index (χ4v) is 4.02. The van der Waals surface area contributed by atoms with Gasteiger partial charge < -0.3 is 5.11 Å². The van der Waals surface area contributed by atoms with Crippen molar-refractivity contribution in [3.8, 4) is 0 Å². The van der Waals surface area contributed by atoms with Crippen LogP contribution in [0.2, 0.25) is 0 Å². The molecule has 0 radical (unpaired) electrons. The van der Waals surface area contributed by atoms with E-state index in [-0.39, 0.29) is 11.3 Å². The van der Waals surface area contributed by atoms with Crippen LogP contribution in [0.5, 0.6) is 0 Å². The first-order valence-electron chi connectivity index (χ1n) is 6.95. The summed E-state index contributed by atoms with van der Waals surface area (Å²) < 4.78 is 0. The summed E-state index contributed by atoms with van der Waals surface area (Å²) in [6.45, 7) is 3.98. The highest BCUT2D eigenvalue weighted by molar-refractivity contribution is 7.99. The van der Waals surface area contributed by atoms with Crippen LogP contribution in [-0.4, -0.2) is 37.9 Å². The van der Waals surface area contributed by atoms with Gasteiger partial charge >= 0.3 is 5.97 Å². The molecule has 1 fully saturated rings. The number of carbonyl (C=O) groups is 1. The molecule has 6 heteroatoms. The summed E-state index contributed by atoms with van der Waals surface area (Å²) in [7, 11) is 0. The van der Waals surface area contributed by atoms with Crippen LogP contribution in [0.25, 0.3) is 0 Å². The number of hydrogen-bond acceptors (Lipinski definition) is 5. The Labute approximate surface area is 123 Å². The van der Waals surface area contributed by atoms with E-state index in [9.17, 15) is 9.90 Å². The molecule has 2 unspecified atom stereocenters. The summed E-state index contributed by atoms with van der Waals surface area (Å²) in [6, 6.07) is 2.03. The molecule has 0 bridgehead atoms. The number of carboxylic acid groups (broad SMARTS) is 1. The normalized spacial score (nSPS) is 26.6. The van der Waals surface area contributed by atoms with Crippen molar-refractivity contribution in [1.29, 1.82) is 0 Å². The summed E-state index contributed by atoms with van der Waals surface area (Å²) in [5, 5.41) is 14.1. The average molecular weight is 295 g/mol. The number of rotatable bonds is 5. The zero-order valence-electron chi connectivity index (χ0n) is 11.9. The monoisotopic (exact) mass is 295 g/mol. The van der Waals surface area contributed by atoms with Gasteiger partial charge in [-0.1, -0.05) is 0 Å². The number of nitrogens with zero attached hydrogens (tertiary/aromatic N) is 2. The molecule has 2 rings (SSSR count). The lowest BCUT2D eigenvalue weighted by Crippen LogP contribution is -2.57. The molecule has 20 heavy (non-hydrogen) atoms. The quantitative estimate of drug-likeness (QED) is 0.812. The first kappa shape index (κ1) is 15.3. The van der Waals surface area contributed by atoms with Gasteiger partial charge in [0.2, 0.25) is 0 Å². The van der Waals surface area contributed by atoms with Crippen molar-refractivity contribution in [3.05, 3.63) is 18.6 Å². The number of aromatic nitrogens is 2. The van der Waals surface area contributed by atoms with E-state index in [4.69, 9.17) is 0 Å². The number of thioether (sulfide) groups is 1. The van der Waals surface area contributed by atoms with Crippen LogP contribution in [0.4, 0.5) is 0 Å². The van der Waals surface area contributed by atoms with Crippen molar-refractivity contribution in [2.75, 3.05) is 0 Å². The summed E-state index contributed by atoms with van der Waals surface area (Å²) in [5.74, 6) is -0.737. The van der Waals surface area contributed by atoms with E-state index in [1.54, 1.807) is 18.0 Å². The van der Waals surface area contributed by atoms with E-state index in [1.165, 1.54) is 6.33 Å². The van der Waals surface area contributed by atoms with Crippen molar-refractivity contribution in [1.82, 2.24) is 15.3 Å². The van der Waals surface area contributed by atoms with Crippen LogP contribution in [-0.2, 0) is 4.79 Å². The van der Waals surface area contributed by atoms with Gasteiger partial charge in [-0.2, -0.15) is 0 Å². The Morgan fingerprint density at radius 2 is 2.40 bits per heavy atom. The maximum Gasteiger partial charge on any atom is 0.323 e. The second kappa shape index (κ2) is 6.54. The van der Waals surface area contributed by atoms with Gasteiger partial charge in [0.25, 0.3) is 0 Å². The van der Waals surface area contributed by atoms with Gasteiger partial charge in [-0.25, -0.2) is 9.97 Å². The molecule has 0 aromatic carbocycles. The lowest BCUT2D eigenvalue weighted by molar-refractivity contribution is -0.146. The van der Waals surface area contributed by atoms with Crippen molar-refractivity contribution < 1.29 is 9.90 Å². The SMILES string of the molecule is CC(C)NC1(C(=O)O)CCCC(Sc2ccncn2)C1. The third-order valence-corrected chi connectivity index (χ3v) is 4.74. The molecule has 1 heterocycles. The summed E-state index contributed by atoms with van der Waals surface area (Å²) in [6.07, 6.45) is 6.53. The van der Waals surface area contributed by atoms with Crippen molar-refractivity contribution in [3.63, 3.8) is 0 Å². The van der Waals surface area contributed by atoms with Crippen LogP contribution in [0, 0.1) is 0 Å². The maximum absolute atomic E-state index is 11.7. The highest BCUT2D eigenvalue weighted by atomic mass is 32.2. The minimum Gasteiger partial charge on any atom is -0.480 e. The predicted octanol–water partition coefficient (Wildman–Crippen LogP) is 2.33. The van der Waals surface area contributed by atoms with E-state index in [2.05, 4.69) is 15.3 Å². The summed E-state index contributed by atoms with van der Waals surface area (Å²) in [4.78, 5) is 19.8. The predicted molar refractivity (Wildman–Crippen MR) is 78.8 cm³/mol. The van der Waals surface area contributed by atoms with Gasteiger partial charge in [-0.15, -0.1) is 11.8 Å². The number of aliphatic carboxylic acids is 1. The molecule has 1 aromatic heterocycles. The molecule has 1 aromatic rings. The van der Waals surface area contributed by atoms with Crippen LogP contribution >= 0.6 is 11.8 Å². The lowest BCUT2D eigenvalue weighted by atomic mass is 9.81. The Balaban J connectivity index is 2.08. The first-order chi connectivity index (χ1) is 9.52. The smallest absolute Gasteiger partial charge is 0.323 e. The van der Waals surface area contributed by atoms with Crippen LogP contribution in [0.3, 0.4) is 0 Å². The van der Waals surface area contributed by atoms with Gasteiger partial charge in [0, 0.05) is 17.5 Å². The lowest BCUT2D eigenvalue weighted by Gasteiger charge is -2.39. The molecule has 1 saturated carbocycles. The van der Waals surface area contributed by atoms with Gasteiger partial charge in [0.1, 0.15) is 11.9 Å². The number of carboxylic acids is 1. The molecular weight excluding hydrogens is 274 g/mol. The molecule has 0 aliphatic heterocycles. The fourth-order valence-electron chi connectivity index (χ4n) is 2.78. The Morgan fingerprint density at radius 3 is 3.00 bits per heavy atom. The molecule has 1 aliphatic rings. The zero-order chi connectivity index (χ0) is 14.6. The Bertz CT molecular complexity index is 455. The zero-order valence-corrected chi connectivity index (χ0v) is 12.7. The molecular formula is C14H21N3O2S. The van der Waals surface area contributed by atoms with Crippen molar-refractivity contribution in [2.24, 2.45) is 0 Å². The number of nitrogens with one attached hydrogen (secondary N) is 1. The van der Waals surface area contributed by atoms with E-state index in [0.717, 1.165) is 17.9 Å². The molecule has 5 nitrogen and oxygen atoms in total. The van der Waals surface area contributed by atoms with Crippen LogP contribution < -0.4 is 5.32 Å². The molecule has 2 N–H and O–H groups in total. The van der Waals surface area contributed by atoms with E-state index < -0.39 is 11.5 Å². The molecule has 2 atom stereocenters. The maximum atomic E-state index is 11.7. The Hall–Kier alpha value is -1.14. The third kappa shape index (κ3) is 3.70. The first-order valence-corrected chi connectivity index (χ1v) is 7.83. The molecule has 0 saturated heterocycles. The number of hydrogen-bond donors (Lipinski definition) is 2. The molecule has 110 valence electrons. The van der Waals surface area contributed by atoms with Gasteiger partial charge in [0.15, 0.2) is 0 Å². The molecule has 0 spiro atoms. The van der Waals surface area contributed by atoms with Crippen molar-refractivity contribution in [2.45, 2.75) is 61.4 Å². The minimum absolute atomic E-state index is 0.161. The highest BCUT2D eigenvalue weighted by Gasteiger charge is 2.43. The van der Waals surface area contributed by atoms with Gasteiger partial charge in [-0.05, 0) is 45.6 Å². The summed E-state index contributed by atoms with van der Waals surface area (Å²) >= 11 is 1.66. The van der Waals surface area contributed by atoms with E-state index >= 15 is 0 Å². The second-order valence-corrected chi connectivity index (χ2v) is 6.89. The molecule has 1 aliphatic carbocycles. The molecule has 0 amide bonds. The van der Waals surface area contributed by atoms with Gasteiger partial charge in [-0.3, -0.25) is 10.1 Å². The van der Waals surface area contributed by atoms with Crippen LogP contribution in [0.1, 0.15) is 39.5 Å². The third-order valence-electron chi connectivity index (χ3n) is 3.52. The Morgan fingerprint density at radius 1 is 1.60 bits per heavy atom. The highest BCUT2D eigenvalue weighted by Crippen LogP contribution is 2.38. The topological polar surface area (TPSA) is 75.1 Å². The average Bonchev–Trinajstić information content (AvgIpc) is 2.39. The Kier molecular flexibility index (Phi) is 4.99. The standard InChI is InChI=1S/C14H21N3O2S/c1-10(2)17-14(13(18)19)6-3-4-11(8-14)20-12-5-7-15-9-16-12/h5,7,9-11,17H,3-4,6,8H2,1-2H3,(H,18,19). The summed E-state index contributed by atoms with van der Waals surface area (Å²) in [5.41, 5.74) is -0.795.